The molecule has 1 fully saturated rings. The molecule has 0 aliphatic carbocycles. The first-order valence-electron chi connectivity index (χ1n) is 13.8. The van der Waals surface area contributed by atoms with Gasteiger partial charge in [-0.3, -0.25) is 0 Å². The van der Waals surface area contributed by atoms with Gasteiger partial charge in [0.1, 0.15) is 0 Å². The fraction of sp³-hybridized carbons (Fsp3) is 0.375. The summed E-state index contributed by atoms with van der Waals surface area (Å²) in [6, 6.07) is 12.5. The van der Waals surface area contributed by atoms with E-state index in [0.29, 0.717) is 5.56 Å². The first-order chi connectivity index (χ1) is 20.3. The predicted octanol–water partition coefficient (Wildman–Crippen LogP) is 8.44. The third kappa shape index (κ3) is 9.77. The van der Waals surface area contributed by atoms with Crippen LogP contribution >= 0.6 is 19.4 Å². The molecule has 44 heavy (non-hydrogen) atoms. The van der Waals surface area contributed by atoms with Crippen molar-refractivity contribution in [2.24, 2.45) is 0 Å². The molecule has 1 aliphatic rings. The van der Waals surface area contributed by atoms with Crippen molar-refractivity contribution < 1.29 is 35.1 Å². The predicted molar refractivity (Wildman–Crippen MR) is 175 cm³/mol. The Bertz CT molecular complexity index is 1550. The van der Waals surface area contributed by atoms with Crippen LogP contribution in [0.1, 0.15) is 50.1 Å². The van der Waals surface area contributed by atoms with E-state index in [4.69, 9.17) is 19.4 Å². The van der Waals surface area contributed by atoms with E-state index >= 15 is 0 Å². The van der Waals surface area contributed by atoms with E-state index in [-0.39, 0.29) is 12.1 Å². The molecule has 5 nitrogen and oxygen atoms in total. The molecule has 0 bridgehead atoms. The number of hydrogen-bond donors (Lipinski definition) is 0. The SMILES string of the molecule is Cc1cc(C)c(N2[CH-]N(c3c(C)cc(C)cc3C)CC2)c(C)c1.Cc1cc(CN([CH]=[Ru]([Cl])[Cl])S(C)(=O)=O)cc(C(F)(F)F)c1. The topological polar surface area (TPSA) is 43.9 Å². The van der Waals surface area contributed by atoms with Gasteiger partial charge in [0.15, 0.2) is 0 Å². The Kier molecular flexibility index (Phi) is 12.1. The van der Waals surface area contributed by atoms with Crippen LogP contribution in [0.2, 0.25) is 0 Å². The summed E-state index contributed by atoms with van der Waals surface area (Å²) < 4.78 is 63.5. The van der Waals surface area contributed by atoms with Crippen molar-refractivity contribution in [3.63, 3.8) is 0 Å². The van der Waals surface area contributed by atoms with Gasteiger partial charge < -0.3 is 9.80 Å². The number of alkyl halides is 3. The summed E-state index contributed by atoms with van der Waals surface area (Å²) in [6.45, 7) is 18.8. The Morgan fingerprint density at radius 3 is 1.57 bits per heavy atom. The first-order valence-corrected chi connectivity index (χ1v) is 21.1. The summed E-state index contributed by atoms with van der Waals surface area (Å²) in [5.74, 6) is 0. The van der Waals surface area contributed by atoms with Gasteiger partial charge in [0.05, 0.1) is 0 Å². The van der Waals surface area contributed by atoms with Gasteiger partial charge in [-0.2, -0.15) is 6.67 Å². The zero-order valence-corrected chi connectivity index (χ0v) is 30.2. The molecule has 0 spiro atoms. The van der Waals surface area contributed by atoms with Crippen molar-refractivity contribution in [1.82, 2.24) is 4.31 Å². The van der Waals surface area contributed by atoms with Gasteiger partial charge in [-0.15, -0.1) is 0 Å². The Labute approximate surface area is 273 Å². The number of sulfonamides is 1. The first kappa shape index (κ1) is 36.5. The second-order valence-electron chi connectivity index (χ2n) is 11.3. The molecule has 0 saturated carbocycles. The quantitative estimate of drug-likeness (QED) is 0.187. The summed E-state index contributed by atoms with van der Waals surface area (Å²) in [4.78, 5) is 4.81. The van der Waals surface area contributed by atoms with Gasteiger partial charge in [-0.25, -0.2) is 0 Å². The van der Waals surface area contributed by atoms with Crippen LogP contribution in [0.3, 0.4) is 0 Å². The van der Waals surface area contributed by atoms with Gasteiger partial charge in [0.2, 0.25) is 0 Å². The van der Waals surface area contributed by atoms with Crippen LogP contribution in [0.25, 0.3) is 0 Å². The third-order valence-electron chi connectivity index (χ3n) is 7.11. The summed E-state index contributed by atoms with van der Waals surface area (Å²) in [5.41, 5.74) is 10.6. The molecule has 0 unspecified atom stereocenters. The van der Waals surface area contributed by atoms with Crippen molar-refractivity contribution in [1.29, 1.82) is 0 Å². The standard InChI is InChI=1S/C21H27N2.C11H12F3NO2S.2ClH.Ru/c1-14-9-16(3)20(17(4)10-14)22-7-8-23(13-22)21-18(5)11-15(2)12-19(21)6;1-8-4-9(7-15(2)18(3,16)17)6-10(5-8)11(12,13)14;;;/h9-13H,7-8H2,1-6H3;2,4-6H,7H2,1,3H3;2*1H;/q-1;;;;+2/p-2. The molecule has 1 heterocycles. The minimum absolute atomic E-state index is 0.216. The van der Waals surface area contributed by atoms with Crippen LogP contribution < -0.4 is 9.80 Å². The molecule has 1 saturated heterocycles. The summed E-state index contributed by atoms with van der Waals surface area (Å²) >= 11 is -2.42. The number of halogens is 5. The van der Waals surface area contributed by atoms with Gasteiger partial charge in [0.25, 0.3) is 0 Å². The number of nitrogens with zero attached hydrogens (tertiary/aromatic N) is 3. The molecular weight excluding hydrogens is 719 g/mol. The van der Waals surface area contributed by atoms with Crippen molar-refractivity contribution in [3.05, 3.63) is 99.2 Å². The van der Waals surface area contributed by atoms with E-state index in [2.05, 4.69) is 82.3 Å². The van der Waals surface area contributed by atoms with E-state index in [0.717, 1.165) is 35.8 Å². The van der Waals surface area contributed by atoms with E-state index in [1.54, 1.807) is 0 Å². The second kappa shape index (κ2) is 14.6. The number of aryl methyl sites for hydroxylation is 7. The van der Waals surface area contributed by atoms with E-state index in [9.17, 15) is 21.6 Å². The number of anilines is 2. The van der Waals surface area contributed by atoms with E-state index in [1.165, 1.54) is 62.5 Å². The van der Waals surface area contributed by atoms with Crippen LogP contribution in [-0.4, -0.2) is 36.8 Å². The van der Waals surface area contributed by atoms with Crippen LogP contribution in [0.5, 0.6) is 0 Å². The molecule has 0 amide bonds. The van der Waals surface area contributed by atoms with Crippen LogP contribution in [-0.2, 0) is 36.3 Å². The minimum atomic E-state index is -4.49. The molecular formula is C32H39Cl2F3N3O2RuS-. The number of benzene rings is 3. The van der Waals surface area contributed by atoms with Crippen molar-refractivity contribution in [2.75, 3.05) is 29.1 Å². The second-order valence-corrected chi connectivity index (χ2v) is 18.9. The third-order valence-corrected chi connectivity index (χ3v) is 10.2. The molecule has 12 heteroatoms. The van der Waals surface area contributed by atoms with Crippen LogP contribution in [0.15, 0.2) is 42.5 Å². The fourth-order valence-corrected chi connectivity index (χ4v) is 9.65. The molecule has 0 radical (unpaired) electrons. The number of rotatable bonds is 6. The maximum absolute atomic E-state index is 12.8. The molecule has 0 atom stereocenters. The average molecular weight is 759 g/mol. The van der Waals surface area contributed by atoms with Gasteiger partial charge in [-0.1, -0.05) is 35.4 Å². The Hall–Kier alpha value is -1.97. The fourth-order valence-electron chi connectivity index (χ4n) is 5.68. The zero-order chi connectivity index (χ0) is 33.1. The molecule has 3 aromatic rings. The average Bonchev–Trinajstić information content (AvgIpc) is 3.30. The summed E-state index contributed by atoms with van der Waals surface area (Å²) in [7, 11) is 7.64. The summed E-state index contributed by atoms with van der Waals surface area (Å²) in [6.07, 6.45) is -3.55. The zero-order valence-electron chi connectivity index (χ0n) is 26.1. The Balaban J connectivity index is 0.000000242. The van der Waals surface area contributed by atoms with E-state index < -0.39 is 35.3 Å². The van der Waals surface area contributed by atoms with E-state index in [1.807, 2.05) is 0 Å². The molecule has 0 aromatic heterocycles. The van der Waals surface area contributed by atoms with Crippen LogP contribution in [0, 0.1) is 55.1 Å². The van der Waals surface area contributed by atoms with Gasteiger partial charge >= 0.3 is 134 Å². The van der Waals surface area contributed by atoms with Gasteiger partial charge in [-0.05, 0) is 63.8 Å². The van der Waals surface area contributed by atoms with Crippen molar-refractivity contribution >= 4 is 45.5 Å². The molecule has 3 aromatic carbocycles. The molecule has 0 N–H and O–H groups in total. The summed E-state index contributed by atoms with van der Waals surface area (Å²) in [5, 5.41) is 0. The normalized spacial score (nSPS) is 14.1. The Morgan fingerprint density at radius 2 is 1.20 bits per heavy atom. The molecule has 4 rings (SSSR count). The van der Waals surface area contributed by atoms with Crippen molar-refractivity contribution in [3.8, 4) is 0 Å². The monoisotopic (exact) mass is 758 g/mol. The van der Waals surface area contributed by atoms with Crippen molar-refractivity contribution in [2.45, 2.75) is 61.2 Å². The van der Waals surface area contributed by atoms with Crippen LogP contribution in [0.4, 0.5) is 24.5 Å². The van der Waals surface area contributed by atoms with Gasteiger partial charge in [0, 0.05) is 24.5 Å². The Morgan fingerprint density at radius 1 is 0.795 bits per heavy atom. The molecule has 244 valence electrons. The number of hydrogen-bond acceptors (Lipinski definition) is 4. The molecule has 1 aliphatic heterocycles. The maximum atomic E-state index is 12.8.